The van der Waals surface area contributed by atoms with E-state index >= 15 is 0 Å². The fourth-order valence-electron chi connectivity index (χ4n) is 7.22. The highest BCUT2D eigenvalue weighted by molar-refractivity contribution is 5.77. The van der Waals surface area contributed by atoms with Gasteiger partial charge in [-0.2, -0.15) is 0 Å². The molecule has 18 nitrogen and oxygen atoms in total. The maximum absolute atomic E-state index is 13.2. The molecule has 0 saturated carbocycles. The highest BCUT2D eigenvalue weighted by Gasteiger charge is 2.19. The van der Waals surface area contributed by atoms with Crippen molar-refractivity contribution in [3.63, 3.8) is 0 Å². The Morgan fingerprint density at radius 3 is 0.556 bits per heavy atom. The van der Waals surface area contributed by atoms with E-state index in [1.54, 1.807) is 0 Å². The van der Waals surface area contributed by atoms with Crippen molar-refractivity contribution in [3.8, 4) is 0 Å². The minimum absolute atomic E-state index is 0. The molecule has 0 aliphatic rings. The molecule has 0 aromatic heterocycles. The van der Waals surface area contributed by atoms with Gasteiger partial charge in [-0.15, -0.1) is 0 Å². The zero-order valence-electron chi connectivity index (χ0n) is 47.6. The third kappa shape index (κ3) is 57.5. The van der Waals surface area contributed by atoms with Crippen molar-refractivity contribution in [2.24, 2.45) is 0 Å². The topological polar surface area (TPSA) is 155 Å². The molecule has 72 heavy (non-hydrogen) atoms. The highest BCUT2D eigenvalue weighted by Crippen LogP contribution is 2.04. The van der Waals surface area contributed by atoms with Crippen LogP contribution in [0.25, 0.3) is 0 Å². The lowest BCUT2D eigenvalue weighted by Gasteiger charge is -2.30. The number of carbonyl (C=O) groups excluding carboxylic acids is 5. The fraction of sp³-hybridized carbons (Fsp3) is 0.900. The smallest absolute Gasteiger partial charge is 0.221 e. The van der Waals surface area contributed by atoms with Gasteiger partial charge in [-0.1, -0.05) is 7.43 Å². The van der Waals surface area contributed by atoms with Gasteiger partial charge in [-0.3, -0.25) is 24.0 Å². The van der Waals surface area contributed by atoms with E-state index in [9.17, 15) is 24.0 Å². The van der Waals surface area contributed by atoms with Crippen LogP contribution in [-0.4, -0.2) is 297 Å². The number of quaternary nitrogens is 5. The molecule has 0 aliphatic heterocycles. The molecule has 0 saturated heterocycles. The van der Waals surface area contributed by atoms with Crippen molar-refractivity contribution in [2.75, 3.05) is 230 Å². The minimum atomic E-state index is 0. The molecule has 0 rings (SSSR count). The van der Waals surface area contributed by atoms with Gasteiger partial charge in [0.15, 0.2) is 0 Å². The van der Waals surface area contributed by atoms with Crippen LogP contribution >= 0.6 is 0 Å². The Morgan fingerprint density at radius 2 is 0.417 bits per heavy atom. The van der Waals surface area contributed by atoms with E-state index in [-0.39, 0.29) is 86.6 Å². The summed E-state index contributed by atoms with van der Waals surface area (Å²) in [7, 11) is 32.2. The number of hydrogen-bond acceptors (Lipinski definition) is 8. The average molecular weight is 1120 g/mol. The summed E-state index contributed by atoms with van der Waals surface area (Å²) in [4.78, 5) is 71.9. The lowest BCUT2D eigenvalue weighted by Crippen LogP contribution is -3.00. The zero-order chi connectivity index (χ0) is 51.2. The summed E-state index contributed by atoms with van der Waals surface area (Å²) in [6, 6.07) is 0. The molecule has 0 aromatic carbocycles. The van der Waals surface area contributed by atoms with Crippen molar-refractivity contribution >= 4 is 29.5 Å². The Hall–Kier alpha value is -1.81. The van der Waals surface area contributed by atoms with Gasteiger partial charge in [0.2, 0.25) is 29.5 Å². The van der Waals surface area contributed by atoms with E-state index in [1.807, 2.05) is 0 Å². The Balaban J connectivity index is -0.00000218. The third-order valence-electron chi connectivity index (χ3n) is 11.4. The normalized spacial score (nSPS) is 11.9. The molecule has 5 amide bonds. The van der Waals surface area contributed by atoms with Gasteiger partial charge in [-0.25, -0.2) is 0 Å². The predicted molar refractivity (Wildman–Crippen MR) is 282 cm³/mol. The van der Waals surface area contributed by atoms with E-state index < -0.39 is 0 Å². The molecule has 0 aliphatic carbocycles. The first-order chi connectivity index (χ1) is 30.9. The molecule has 0 heterocycles. The van der Waals surface area contributed by atoms with Crippen LogP contribution in [-0.2, 0) is 24.0 Å². The maximum Gasteiger partial charge on any atom is 0.221 e. The zero-order valence-corrected chi connectivity index (χ0v) is 50.7. The molecule has 434 valence electrons. The Kier molecular flexibility index (Phi) is 49.1. The molecule has 0 atom stereocenters. The lowest BCUT2D eigenvalue weighted by molar-refractivity contribution is -0.870. The molecule has 0 bridgehead atoms. The summed E-state index contributed by atoms with van der Waals surface area (Å²) in [5.74, 6) is 0.00878. The average Bonchev–Trinajstić information content (AvgIpc) is 3.19. The second kappa shape index (κ2) is 43.3. The van der Waals surface area contributed by atoms with E-state index in [2.05, 4.69) is 147 Å². The second-order valence-electron chi connectivity index (χ2n) is 23.9. The molecule has 0 spiro atoms. The molecule has 22 heteroatoms. The summed E-state index contributed by atoms with van der Waals surface area (Å²) in [5, 5.41) is 15.4. The fourth-order valence-corrected chi connectivity index (χ4v) is 7.22. The Morgan fingerprint density at radius 1 is 0.278 bits per heavy atom. The van der Waals surface area contributed by atoms with Crippen molar-refractivity contribution in [3.05, 3.63) is 0 Å². The van der Waals surface area contributed by atoms with Crippen molar-refractivity contribution < 1.29 is 96.0 Å². The third-order valence-corrected chi connectivity index (χ3v) is 11.4. The number of rotatable bonds is 41. The van der Waals surface area contributed by atoms with Gasteiger partial charge in [0.05, 0.1) is 138 Å². The summed E-state index contributed by atoms with van der Waals surface area (Å²) in [5.41, 5.74) is 0. The molecule has 0 radical (unpaired) electrons. The van der Waals surface area contributed by atoms with Crippen LogP contribution in [0.1, 0.15) is 71.6 Å². The Labute approximate surface area is 466 Å². The van der Waals surface area contributed by atoms with E-state index in [0.29, 0.717) is 124 Å². The van der Waals surface area contributed by atoms with E-state index in [4.69, 9.17) is 0 Å². The van der Waals surface area contributed by atoms with Gasteiger partial charge in [0.1, 0.15) is 0 Å². The van der Waals surface area contributed by atoms with Gasteiger partial charge < -0.3 is 113 Å². The summed E-state index contributed by atoms with van der Waals surface area (Å²) in [6.45, 7) is 13.0. The maximum atomic E-state index is 13.2. The number of carbonyl (C=O) groups is 5. The van der Waals surface area contributed by atoms with Crippen LogP contribution in [0.15, 0.2) is 0 Å². The van der Waals surface area contributed by atoms with Crippen LogP contribution in [0.5, 0.6) is 0 Å². The molecule has 0 fully saturated rings. The van der Waals surface area contributed by atoms with Crippen LogP contribution in [0.2, 0.25) is 0 Å². The lowest BCUT2D eigenvalue weighted by atomic mass is 10.2. The largest absolute Gasteiger partial charge is 1.00 e. The molecule has 5 N–H and O–H groups in total. The highest BCUT2D eigenvalue weighted by atomic mass is 35.5. The number of amides is 5. The molecule has 0 aromatic rings. The van der Waals surface area contributed by atoms with Crippen LogP contribution in [0, 0.1) is 0 Å². The summed E-state index contributed by atoms with van der Waals surface area (Å²) < 4.78 is 4.20. The first-order valence-electron chi connectivity index (χ1n) is 25.4. The quantitative estimate of drug-likeness (QED) is 0.0299. The first kappa shape index (κ1) is 81.6. The van der Waals surface area contributed by atoms with Crippen molar-refractivity contribution in [1.29, 1.82) is 0 Å². The predicted octanol–water partition coefficient (Wildman–Crippen LogP) is -11.4. The van der Waals surface area contributed by atoms with E-state index in [1.165, 1.54) is 0 Å². The van der Waals surface area contributed by atoms with Crippen molar-refractivity contribution in [2.45, 2.75) is 71.6 Å². The van der Waals surface area contributed by atoms with Crippen molar-refractivity contribution in [1.82, 2.24) is 41.3 Å². The second-order valence-corrected chi connectivity index (χ2v) is 23.9. The summed E-state index contributed by atoms with van der Waals surface area (Å²) >= 11 is 0. The number of nitrogens with zero attached hydrogens (tertiary/aromatic N) is 8. The van der Waals surface area contributed by atoms with Crippen LogP contribution in [0.3, 0.4) is 0 Å². The van der Waals surface area contributed by atoms with Gasteiger partial charge in [0.25, 0.3) is 0 Å². The van der Waals surface area contributed by atoms with Crippen LogP contribution < -0.4 is 76.2 Å². The van der Waals surface area contributed by atoms with E-state index in [0.717, 1.165) is 87.2 Å². The number of nitrogens with one attached hydrogen (secondary N) is 5. The van der Waals surface area contributed by atoms with Gasteiger partial charge in [0, 0.05) is 156 Å². The minimum Gasteiger partial charge on any atom is -1.00 e. The number of halogens is 4. The van der Waals surface area contributed by atoms with Gasteiger partial charge >= 0.3 is 0 Å². The first-order valence-corrected chi connectivity index (χ1v) is 25.4. The number of hydrogen-bond donors (Lipinski definition) is 5. The Bertz CT molecular complexity index is 1240. The summed E-state index contributed by atoms with van der Waals surface area (Å²) in [6.07, 6.45) is 6.11. The SMILES string of the molecule is C.C[N+](C)(C)CCCNC(=O)CCN(CCC(=O)NCCC[N+](C)(C)C)CCN(CCC(=O)NCCC[N+](C)(C)C)CCN(CCC(=O)NCCC[N+](C)(C)C)CCC(=O)NCCC[N+](C)(C)C.[Cl-].[Cl-].[Cl-].[Cl-]. The van der Waals surface area contributed by atoms with Gasteiger partial charge in [-0.05, 0) is 0 Å². The standard InChI is InChI=1S/C49H103N13O5.CH4.4ClH/c1-58(2,3)40-16-26-50-45(63)21-31-55(32-22-46(64)51-27-17-41-59(4,5)6)36-38-57(35-25-49(67)54-30-20-44-62(13,14)15)39-37-56(33-23-47(65)52-28-18-42-60(7,8)9)34-24-48(66)53-29-19-43-61(10,11)12;;;;;/h16-44H2,1-15H3;1H4;4*1H/p+1. The molecular formula is C50H112Cl4N13O5+. The monoisotopic (exact) mass is 1110 g/mol. The molecular weight excluding hydrogens is 1000 g/mol. The molecule has 0 unspecified atom stereocenters. The van der Waals surface area contributed by atoms with Crippen LogP contribution in [0.4, 0.5) is 0 Å².